The highest BCUT2D eigenvalue weighted by molar-refractivity contribution is 6.33. The van der Waals surface area contributed by atoms with Gasteiger partial charge in [0.15, 0.2) is 0 Å². The van der Waals surface area contributed by atoms with Gasteiger partial charge in [0.05, 0.1) is 10.6 Å². The number of nitrogens with one attached hydrogen (secondary N) is 2. The van der Waals surface area contributed by atoms with Crippen molar-refractivity contribution in [1.82, 2.24) is 10.3 Å². The molecule has 0 radical (unpaired) electrons. The number of nitrogens with zero attached hydrogens (tertiary/aromatic N) is 1. The van der Waals surface area contributed by atoms with Crippen LogP contribution in [0.4, 0.5) is 19.0 Å². The Balaban J connectivity index is 1.75. The third-order valence-corrected chi connectivity index (χ3v) is 4.08. The Labute approximate surface area is 113 Å². The van der Waals surface area contributed by atoms with Gasteiger partial charge in [-0.15, -0.1) is 0 Å². The monoisotopic (exact) mass is 291 g/mol. The van der Waals surface area contributed by atoms with E-state index < -0.39 is 11.7 Å². The van der Waals surface area contributed by atoms with Crippen molar-refractivity contribution in [1.29, 1.82) is 0 Å². The fraction of sp³-hybridized carbons (Fsp3) is 0.583. The van der Waals surface area contributed by atoms with Gasteiger partial charge in [0.2, 0.25) is 0 Å². The maximum Gasteiger partial charge on any atom is 0.417 e. The van der Waals surface area contributed by atoms with Crippen LogP contribution in [0.2, 0.25) is 5.02 Å². The van der Waals surface area contributed by atoms with Gasteiger partial charge in [-0.25, -0.2) is 4.98 Å². The van der Waals surface area contributed by atoms with Crippen molar-refractivity contribution in [2.24, 2.45) is 0 Å². The van der Waals surface area contributed by atoms with Crippen molar-refractivity contribution in [3.05, 3.63) is 22.8 Å². The van der Waals surface area contributed by atoms with E-state index in [2.05, 4.69) is 15.6 Å². The van der Waals surface area contributed by atoms with Gasteiger partial charge in [-0.05, 0) is 25.3 Å². The third kappa shape index (κ3) is 2.51. The van der Waals surface area contributed by atoms with Crippen LogP contribution < -0.4 is 10.6 Å². The first-order chi connectivity index (χ1) is 8.93. The molecule has 0 aromatic carbocycles. The molecule has 2 saturated heterocycles. The SMILES string of the molecule is FC(F)(F)c1cnc(N[C@@H]2C[C@H]3CC[C@@H]2N3)c(Cl)c1. The lowest BCUT2D eigenvalue weighted by Crippen LogP contribution is -2.33. The van der Waals surface area contributed by atoms with Crippen LogP contribution in [-0.2, 0) is 6.18 Å². The molecule has 0 aliphatic carbocycles. The average molecular weight is 292 g/mol. The second-order valence-corrected chi connectivity index (χ2v) is 5.49. The van der Waals surface area contributed by atoms with Crippen molar-refractivity contribution in [3.63, 3.8) is 0 Å². The Morgan fingerprint density at radius 1 is 1.37 bits per heavy atom. The second-order valence-electron chi connectivity index (χ2n) is 5.09. The molecule has 104 valence electrons. The molecule has 2 bridgehead atoms. The lowest BCUT2D eigenvalue weighted by atomic mass is 9.95. The third-order valence-electron chi connectivity index (χ3n) is 3.79. The first-order valence-electron chi connectivity index (χ1n) is 6.19. The van der Waals surface area contributed by atoms with E-state index >= 15 is 0 Å². The molecule has 2 N–H and O–H groups in total. The van der Waals surface area contributed by atoms with Crippen LogP contribution in [0.1, 0.15) is 24.8 Å². The quantitative estimate of drug-likeness (QED) is 0.879. The molecule has 2 fully saturated rings. The van der Waals surface area contributed by atoms with E-state index in [1.165, 1.54) is 0 Å². The highest BCUT2D eigenvalue weighted by atomic mass is 35.5. The van der Waals surface area contributed by atoms with Gasteiger partial charge in [0.25, 0.3) is 0 Å². The summed E-state index contributed by atoms with van der Waals surface area (Å²) in [5.74, 6) is 0.328. The van der Waals surface area contributed by atoms with Gasteiger partial charge < -0.3 is 10.6 Å². The molecule has 3 nitrogen and oxygen atoms in total. The van der Waals surface area contributed by atoms with E-state index in [-0.39, 0.29) is 11.1 Å². The molecule has 2 aliphatic heterocycles. The summed E-state index contributed by atoms with van der Waals surface area (Å²) < 4.78 is 37.5. The second kappa shape index (κ2) is 4.52. The molecule has 0 saturated carbocycles. The lowest BCUT2D eigenvalue weighted by Gasteiger charge is -2.22. The van der Waals surface area contributed by atoms with Crippen LogP contribution in [-0.4, -0.2) is 23.1 Å². The molecule has 3 atom stereocenters. The van der Waals surface area contributed by atoms with Gasteiger partial charge in [0, 0.05) is 24.3 Å². The number of halogens is 4. The summed E-state index contributed by atoms with van der Waals surface area (Å²) in [5, 5.41) is 6.60. The van der Waals surface area contributed by atoms with E-state index in [4.69, 9.17) is 11.6 Å². The van der Waals surface area contributed by atoms with Gasteiger partial charge in [-0.1, -0.05) is 11.6 Å². The molecule has 0 amide bonds. The maximum atomic E-state index is 12.5. The van der Waals surface area contributed by atoms with Crippen molar-refractivity contribution in [3.8, 4) is 0 Å². The Morgan fingerprint density at radius 2 is 2.16 bits per heavy atom. The first-order valence-corrected chi connectivity index (χ1v) is 6.56. The maximum absolute atomic E-state index is 12.5. The van der Waals surface area contributed by atoms with Gasteiger partial charge >= 0.3 is 6.18 Å². The summed E-state index contributed by atoms with van der Waals surface area (Å²) in [7, 11) is 0. The summed E-state index contributed by atoms with van der Waals surface area (Å²) in [5.41, 5.74) is -0.825. The van der Waals surface area contributed by atoms with Crippen LogP contribution in [0.3, 0.4) is 0 Å². The largest absolute Gasteiger partial charge is 0.417 e. The van der Waals surface area contributed by atoms with Gasteiger partial charge in [-0.2, -0.15) is 13.2 Å². The predicted molar refractivity (Wildman–Crippen MR) is 66.2 cm³/mol. The number of pyridine rings is 1. The van der Waals surface area contributed by atoms with Crippen LogP contribution in [0.5, 0.6) is 0 Å². The van der Waals surface area contributed by atoms with Crippen LogP contribution in [0, 0.1) is 0 Å². The van der Waals surface area contributed by atoms with E-state index in [1.807, 2.05) is 0 Å². The summed E-state index contributed by atoms with van der Waals surface area (Å²) >= 11 is 5.87. The summed E-state index contributed by atoms with van der Waals surface area (Å²) in [6.07, 6.45) is -0.390. The van der Waals surface area contributed by atoms with Crippen LogP contribution in [0.25, 0.3) is 0 Å². The number of hydrogen-bond donors (Lipinski definition) is 2. The van der Waals surface area contributed by atoms with Crippen LogP contribution >= 0.6 is 11.6 Å². The summed E-state index contributed by atoms with van der Waals surface area (Å²) in [4.78, 5) is 3.80. The normalized spacial score (nSPS) is 29.8. The number of rotatable bonds is 2. The standard InChI is InChI=1S/C12H13ClF3N3/c13-8-3-6(12(14,15)16)5-17-11(8)19-10-4-7-1-2-9(10)18-7/h3,5,7,9-10,18H,1-2,4H2,(H,17,19)/t7-,9+,10-/m1/s1. The molecule has 3 heterocycles. The zero-order valence-electron chi connectivity index (χ0n) is 9.97. The Bertz CT molecular complexity index is 492. The summed E-state index contributed by atoms with van der Waals surface area (Å²) in [6, 6.07) is 1.98. The minimum atomic E-state index is -4.41. The minimum absolute atomic E-state index is 0.0117. The molecule has 0 spiro atoms. The Hall–Kier alpha value is -1.01. The highest BCUT2D eigenvalue weighted by Crippen LogP contribution is 2.34. The number of fused-ring (bicyclic) bond motifs is 2. The molecule has 2 aliphatic rings. The number of aromatic nitrogens is 1. The van der Waals surface area contributed by atoms with Gasteiger partial charge in [-0.3, -0.25) is 0 Å². The summed E-state index contributed by atoms with van der Waals surface area (Å²) in [6.45, 7) is 0. The topological polar surface area (TPSA) is 37.0 Å². The lowest BCUT2D eigenvalue weighted by molar-refractivity contribution is -0.137. The first kappa shape index (κ1) is 13.0. The molecule has 1 aromatic rings. The van der Waals surface area contributed by atoms with Crippen molar-refractivity contribution >= 4 is 17.4 Å². The number of hydrogen-bond acceptors (Lipinski definition) is 3. The van der Waals surface area contributed by atoms with Crippen molar-refractivity contribution in [2.75, 3.05) is 5.32 Å². The van der Waals surface area contributed by atoms with Gasteiger partial charge in [0.1, 0.15) is 5.82 Å². The molecular weight excluding hydrogens is 279 g/mol. The zero-order valence-corrected chi connectivity index (χ0v) is 10.7. The van der Waals surface area contributed by atoms with E-state index in [9.17, 15) is 13.2 Å². The molecule has 7 heteroatoms. The fourth-order valence-corrected chi connectivity index (χ4v) is 3.08. The van der Waals surface area contributed by atoms with Crippen LogP contribution in [0.15, 0.2) is 12.3 Å². The minimum Gasteiger partial charge on any atom is -0.364 e. The zero-order chi connectivity index (χ0) is 13.6. The van der Waals surface area contributed by atoms with E-state index in [1.54, 1.807) is 0 Å². The molecule has 3 rings (SSSR count). The molecule has 0 unspecified atom stereocenters. The highest BCUT2D eigenvalue weighted by Gasteiger charge is 2.39. The van der Waals surface area contributed by atoms with Crippen molar-refractivity contribution < 1.29 is 13.2 Å². The smallest absolute Gasteiger partial charge is 0.364 e. The van der Waals surface area contributed by atoms with E-state index in [0.29, 0.717) is 17.9 Å². The Kier molecular flexibility index (Phi) is 3.09. The fourth-order valence-electron chi connectivity index (χ4n) is 2.86. The molecule has 19 heavy (non-hydrogen) atoms. The predicted octanol–water partition coefficient (Wildman–Crippen LogP) is 3.06. The number of alkyl halides is 3. The van der Waals surface area contributed by atoms with E-state index in [0.717, 1.165) is 31.5 Å². The molecule has 1 aromatic heterocycles. The van der Waals surface area contributed by atoms with Crippen molar-refractivity contribution in [2.45, 2.75) is 43.6 Å². The Morgan fingerprint density at radius 3 is 2.68 bits per heavy atom. The molecular formula is C12H13ClF3N3. The number of anilines is 1. The average Bonchev–Trinajstić information content (AvgIpc) is 2.92.